The van der Waals surface area contributed by atoms with Gasteiger partial charge in [0.2, 0.25) is 5.95 Å². The lowest BCUT2D eigenvalue weighted by molar-refractivity contribution is 0.190. The largest absolute Gasteiger partial charge is 0.383 e. The maximum Gasteiger partial charge on any atom is 0.241 e. The number of nitrogens with zero attached hydrogens (tertiary/aromatic N) is 5. The minimum Gasteiger partial charge on any atom is -0.383 e. The third-order valence-corrected chi connectivity index (χ3v) is 3.99. The second-order valence-corrected chi connectivity index (χ2v) is 5.90. The van der Waals surface area contributed by atoms with Gasteiger partial charge in [0.25, 0.3) is 0 Å². The Labute approximate surface area is 144 Å². The molecule has 1 aromatic carbocycles. The predicted octanol–water partition coefficient (Wildman–Crippen LogP) is 2.79. The summed E-state index contributed by atoms with van der Waals surface area (Å²) in [6.45, 7) is 2.62. The minimum atomic E-state index is 0.136. The van der Waals surface area contributed by atoms with E-state index in [1.54, 1.807) is 19.5 Å². The van der Waals surface area contributed by atoms with E-state index >= 15 is 0 Å². The summed E-state index contributed by atoms with van der Waals surface area (Å²) in [6.07, 6.45) is 7.15. The van der Waals surface area contributed by atoms with E-state index in [4.69, 9.17) is 4.74 Å². The van der Waals surface area contributed by atoms with E-state index < -0.39 is 0 Å². The van der Waals surface area contributed by atoms with Crippen LogP contribution >= 0.6 is 0 Å². The van der Waals surface area contributed by atoms with Crippen LogP contribution in [0.5, 0.6) is 0 Å². The van der Waals surface area contributed by atoms with Crippen molar-refractivity contribution in [1.29, 1.82) is 0 Å². The predicted molar refractivity (Wildman–Crippen MR) is 96.5 cm³/mol. The summed E-state index contributed by atoms with van der Waals surface area (Å²) in [5, 5.41) is 7.74. The van der Waals surface area contributed by atoms with Crippen LogP contribution < -0.4 is 5.32 Å². The van der Waals surface area contributed by atoms with Gasteiger partial charge in [-0.15, -0.1) is 5.10 Å². The number of hydrogen-bond donors (Lipinski definition) is 1. The third-order valence-electron chi connectivity index (χ3n) is 3.99. The van der Waals surface area contributed by atoms with E-state index in [-0.39, 0.29) is 6.04 Å². The number of fused-ring (bicyclic) bond motifs is 2. The summed E-state index contributed by atoms with van der Waals surface area (Å²) in [5.41, 5.74) is 4.81. The van der Waals surface area contributed by atoms with Crippen molar-refractivity contribution in [3.8, 4) is 11.1 Å². The molecule has 4 rings (SSSR count). The summed E-state index contributed by atoms with van der Waals surface area (Å²) < 4.78 is 6.95. The van der Waals surface area contributed by atoms with Crippen molar-refractivity contribution in [3.05, 3.63) is 49.1 Å². The molecule has 0 aliphatic carbocycles. The molecule has 0 bridgehead atoms. The fourth-order valence-corrected chi connectivity index (χ4v) is 2.85. The van der Waals surface area contributed by atoms with Gasteiger partial charge < -0.3 is 10.1 Å². The van der Waals surface area contributed by atoms with Crippen molar-refractivity contribution < 1.29 is 4.74 Å². The molecule has 0 fully saturated rings. The normalized spacial score (nSPS) is 12.6. The monoisotopic (exact) mass is 334 g/mol. The molecule has 126 valence electrons. The summed E-state index contributed by atoms with van der Waals surface area (Å²) in [4.78, 5) is 13.1. The Kier molecular flexibility index (Phi) is 3.99. The molecule has 0 spiro atoms. The molecule has 4 aromatic rings. The number of hydrogen-bond acceptors (Lipinski definition) is 6. The van der Waals surface area contributed by atoms with Gasteiger partial charge in [-0.1, -0.05) is 6.07 Å². The van der Waals surface area contributed by atoms with Crippen LogP contribution in [0.15, 0.2) is 49.1 Å². The highest BCUT2D eigenvalue weighted by molar-refractivity contribution is 5.86. The van der Waals surface area contributed by atoms with Crippen LogP contribution in [-0.2, 0) is 4.74 Å². The van der Waals surface area contributed by atoms with Crippen LogP contribution in [-0.4, -0.2) is 44.3 Å². The summed E-state index contributed by atoms with van der Waals surface area (Å²) in [7, 11) is 1.67. The minimum absolute atomic E-state index is 0.136. The van der Waals surface area contributed by atoms with Crippen molar-refractivity contribution in [2.75, 3.05) is 19.0 Å². The van der Waals surface area contributed by atoms with Gasteiger partial charge in [0, 0.05) is 37.3 Å². The van der Waals surface area contributed by atoms with E-state index in [0.29, 0.717) is 12.6 Å². The van der Waals surface area contributed by atoms with Crippen LogP contribution in [0, 0.1) is 0 Å². The second kappa shape index (κ2) is 6.45. The maximum atomic E-state index is 5.12. The quantitative estimate of drug-likeness (QED) is 0.605. The topological polar surface area (TPSA) is 77.2 Å². The zero-order valence-corrected chi connectivity index (χ0v) is 14.0. The molecule has 0 saturated heterocycles. The molecule has 7 heteroatoms. The number of anilines is 1. The number of ether oxygens (including phenoxy) is 1. The number of aromatic nitrogens is 5. The molecule has 0 aliphatic heterocycles. The Morgan fingerprint density at radius 2 is 1.96 bits per heavy atom. The third kappa shape index (κ3) is 3.01. The first-order chi connectivity index (χ1) is 12.2. The van der Waals surface area contributed by atoms with E-state index in [2.05, 4.69) is 25.4 Å². The van der Waals surface area contributed by atoms with Gasteiger partial charge >= 0.3 is 0 Å². The second-order valence-electron chi connectivity index (χ2n) is 5.90. The smallest absolute Gasteiger partial charge is 0.241 e. The van der Waals surface area contributed by atoms with Crippen LogP contribution in [0.25, 0.3) is 27.7 Å². The molecule has 0 radical (unpaired) electrons. The molecule has 0 amide bonds. The van der Waals surface area contributed by atoms with Gasteiger partial charge in [-0.05, 0) is 30.7 Å². The fourth-order valence-electron chi connectivity index (χ4n) is 2.85. The van der Waals surface area contributed by atoms with Crippen molar-refractivity contribution in [3.63, 3.8) is 0 Å². The molecular weight excluding hydrogens is 316 g/mol. The lowest BCUT2D eigenvalue weighted by Crippen LogP contribution is -2.22. The Balaban J connectivity index is 1.70. The van der Waals surface area contributed by atoms with Crippen LogP contribution in [0.4, 0.5) is 5.95 Å². The van der Waals surface area contributed by atoms with Gasteiger partial charge in [-0.3, -0.25) is 9.97 Å². The molecule has 0 unspecified atom stereocenters. The van der Waals surface area contributed by atoms with Gasteiger partial charge in [-0.2, -0.15) is 0 Å². The Morgan fingerprint density at radius 3 is 2.80 bits per heavy atom. The zero-order valence-electron chi connectivity index (χ0n) is 14.0. The highest BCUT2D eigenvalue weighted by Crippen LogP contribution is 2.27. The Hall–Kier alpha value is -3.06. The average molecular weight is 334 g/mol. The first kappa shape index (κ1) is 15.5. The molecule has 1 atom stereocenters. The van der Waals surface area contributed by atoms with Crippen molar-refractivity contribution in [2.24, 2.45) is 0 Å². The van der Waals surface area contributed by atoms with Gasteiger partial charge in [0.1, 0.15) is 0 Å². The lowest BCUT2D eigenvalue weighted by Gasteiger charge is -2.12. The maximum absolute atomic E-state index is 5.12. The standard InChI is InChI=1S/C18H18N6O/c1-12(11-25-2)22-18-21-10-17-14(5-8-24(17)23-18)13-3-4-15-16(9-13)20-7-6-19-15/h3-10,12H,11H2,1-2H3,(H,22,23)/t12-/m1/s1. The number of methoxy groups -OCH3 is 1. The van der Waals surface area contributed by atoms with E-state index in [1.165, 1.54) is 0 Å². The molecular formula is C18H18N6O. The lowest BCUT2D eigenvalue weighted by atomic mass is 10.1. The first-order valence-corrected chi connectivity index (χ1v) is 8.05. The molecule has 1 N–H and O–H groups in total. The zero-order chi connectivity index (χ0) is 17.2. The van der Waals surface area contributed by atoms with Crippen LogP contribution in [0.2, 0.25) is 0 Å². The van der Waals surface area contributed by atoms with Crippen molar-refractivity contribution >= 4 is 22.5 Å². The van der Waals surface area contributed by atoms with Crippen LogP contribution in [0.1, 0.15) is 6.92 Å². The Bertz CT molecular complexity index is 1030. The average Bonchev–Trinajstić information content (AvgIpc) is 3.04. The number of rotatable bonds is 5. The van der Waals surface area contributed by atoms with E-state index in [9.17, 15) is 0 Å². The molecule has 3 aromatic heterocycles. The summed E-state index contributed by atoms with van der Waals surface area (Å²) in [5.74, 6) is 0.573. The summed E-state index contributed by atoms with van der Waals surface area (Å²) in [6, 6.07) is 8.22. The number of nitrogens with one attached hydrogen (secondary N) is 1. The highest BCUT2D eigenvalue weighted by atomic mass is 16.5. The molecule has 3 heterocycles. The molecule has 0 aliphatic rings. The van der Waals surface area contributed by atoms with Gasteiger partial charge in [0.15, 0.2) is 0 Å². The van der Waals surface area contributed by atoms with Crippen molar-refractivity contribution in [1.82, 2.24) is 24.6 Å². The van der Waals surface area contributed by atoms with Crippen LogP contribution in [0.3, 0.4) is 0 Å². The first-order valence-electron chi connectivity index (χ1n) is 8.05. The molecule has 0 saturated carbocycles. The summed E-state index contributed by atoms with van der Waals surface area (Å²) >= 11 is 0. The highest BCUT2D eigenvalue weighted by Gasteiger charge is 2.10. The fraction of sp³-hybridized carbons (Fsp3) is 0.222. The van der Waals surface area contributed by atoms with Gasteiger partial charge in [-0.25, -0.2) is 9.50 Å². The SMILES string of the molecule is COC[C@@H](C)Nc1ncc2c(-c3ccc4nccnc4c3)ccn2n1. The van der Waals surface area contributed by atoms with E-state index in [1.807, 2.05) is 48.1 Å². The van der Waals surface area contributed by atoms with Gasteiger partial charge in [0.05, 0.1) is 29.4 Å². The Morgan fingerprint density at radius 1 is 1.12 bits per heavy atom. The van der Waals surface area contributed by atoms with Crippen molar-refractivity contribution in [2.45, 2.75) is 13.0 Å². The molecule has 7 nitrogen and oxygen atoms in total. The molecule has 25 heavy (non-hydrogen) atoms. The van der Waals surface area contributed by atoms with E-state index in [0.717, 1.165) is 27.7 Å². The number of benzene rings is 1.